The number of ether oxygens (including phenoxy) is 2. The van der Waals surface area contributed by atoms with Crippen LogP contribution in [0.1, 0.15) is 26.3 Å². The van der Waals surface area contributed by atoms with Gasteiger partial charge >= 0.3 is 6.61 Å². The van der Waals surface area contributed by atoms with E-state index in [1.54, 1.807) is 6.07 Å². The van der Waals surface area contributed by atoms with Crippen molar-refractivity contribution in [3.8, 4) is 5.75 Å². The Morgan fingerprint density at radius 3 is 2.57 bits per heavy atom. The Labute approximate surface area is 129 Å². The minimum atomic E-state index is -2.85. The number of hydrogen-bond donors (Lipinski definition) is 1. The van der Waals surface area contributed by atoms with Gasteiger partial charge in [-0.05, 0) is 31.0 Å². The quantitative estimate of drug-likeness (QED) is 0.743. The Morgan fingerprint density at radius 1 is 1.29 bits per heavy atom. The number of halogens is 3. The molecule has 0 aliphatic heterocycles. The van der Waals surface area contributed by atoms with E-state index in [2.05, 4.69) is 23.9 Å². The summed E-state index contributed by atoms with van der Waals surface area (Å²) in [5, 5.41) is 3.79. The minimum Gasteiger partial charge on any atom is -0.434 e. The highest BCUT2D eigenvalue weighted by molar-refractivity contribution is 6.30. The van der Waals surface area contributed by atoms with Crippen LogP contribution in [0.5, 0.6) is 5.75 Å². The van der Waals surface area contributed by atoms with Crippen LogP contribution in [0.2, 0.25) is 5.02 Å². The van der Waals surface area contributed by atoms with Gasteiger partial charge in [0.15, 0.2) is 0 Å². The van der Waals surface area contributed by atoms with Crippen LogP contribution in [-0.2, 0) is 11.3 Å². The van der Waals surface area contributed by atoms with Crippen molar-refractivity contribution in [2.75, 3.05) is 13.2 Å². The van der Waals surface area contributed by atoms with E-state index in [0.29, 0.717) is 36.3 Å². The van der Waals surface area contributed by atoms with Crippen LogP contribution in [0.25, 0.3) is 0 Å². The number of benzene rings is 1. The lowest BCUT2D eigenvalue weighted by Crippen LogP contribution is -2.37. The smallest absolute Gasteiger partial charge is 0.387 e. The maximum Gasteiger partial charge on any atom is 0.387 e. The van der Waals surface area contributed by atoms with Gasteiger partial charge in [0.05, 0.1) is 6.61 Å². The van der Waals surface area contributed by atoms with Crippen molar-refractivity contribution in [1.82, 2.24) is 5.32 Å². The van der Waals surface area contributed by atoms with Crippen LogP contribution in [0.15, 0.2) is 18.2 Å². The average molecular weight is 322 g/mol. The van der Waals surface area contributed by atoms with Gasteiger partial charge in [0, 0.05) is 29.8 Å². The predicted molar refractivity (Wildman–Crippen MR) is 80.0 cm³/mol. The fraction of sp³-hybridized carbons (Fsp3) is 0.600. The molecule has 0 bridgehead atoms. The first-order valence-electron chi connectivity index (χ1n) is 6.98. The number of hydrogen-bond acceptors (Lipinski definition) is 3. The second kappa shape index (κ2) is 9.18. The molecule has 0 radical (unpaired) electrons. The van der Waals surface area contributed by atoms with Crippen LogP contribution in [0, 0.1) is 5.92 Å². The van der Waals surface area contributed by atoms with Gasteiger partial charge in [0.1, 0.15) is 5.75 Å². The average Bonchev–Trinajstić information content (AvgIpc) is 2.40. The standard InChI is InChI=1S/C15H22ClF2NO2/c1-4-20-9-13(10(2)3)19-8-11-7-12(16)5-6-14(11)21-15(17)18/h5-7,10,13,15,19H,4,8-9H2,1-3H3. The van der Waals surface area contributed by atoms with Crippen molar-refractivity contribution >= 4 is 11.6 Å². The Hall–Kier alpha value is -0.910. The van der Waals surface area contributed by atoms with Crippen molar-refractivity contribution in [2.24, 2.45) is 5.92 Å². The summed E-state index contributed by atoms with van der Waals surface area (Å²) in [6, 6.07) is 4.74. The third-order valence-corrected chi connectivity index (χ3v) is 3.33. The first-order valence-corrected chi connectivity index (χ1v) is 7.36. The second-order valence-electron chi connectivity index (χ2n) is 5.02. The normalized spacial score (nSPS) is 13.0. The Morgan fingerprint density at radius 2 is 2.00 bits per heavy atom. The summed E-state index contributed by atoms with van der Waals surface area (Å²) in [6.45, 7) is 4.83. The zero-order valence-corrected chi connectivity index (χ0v) is 13.3. The monoisotopic (exact) mass is 321 g/mol. The molecular weight excluding hydrogens is 300 g/mol. The summed E-state index contributed by atoms with van der Waals surface area (Å²) in [5.74, 6) is 0.496. The molecule has 0 aromatic heterocycles. The molecule has 0 aliphatic rings. The van der Waals surface area contributed by atoms with E-state index in [9.17, 15) is 8.78 Å². The third kappa shape index (κ3) is 6.59. The van der Waals surface area contributed by atoms with Crippen LogP contribution >= 0.6 is 11.6 Å². The van der Waals surface area contributed by atoms with Crippen molar-refractivity contribution < 1.29 is 18.3 Å². The summed E-state index contributed by atoms with van der Waals surface area (Å²) < 4.78 is 34.7. The zero-order chi connectivity index (χ0) is 15.8. The van der Waals surface area contributed by atoms with Gasteiger partial charge in [-0.25, -0.2) is 0 Å². The molecule has 0 amide bonds. The molecular formula is C15H22ClF2NO2. The molecule has 21 heavy (non-hydrogen) atoms. The topological polar surface area (TPSA) is 30.5 Å². The first-order chi connectivity index (χ1) is 9.93. The van der Waals surface area contributed by atoms with Crippen molar-refractivity contribution in [3.63, 3.8) is 0 Å². The van der Waals surface area contributed by atoms with E-state index < -0.39 is 6.61 Å². The van der Waals surface area contributed by atoms with Gasteiger partial charge in [-0.2, -0.15) is 8.78 Å². The van der Waals surface area contributed by atoms with Crippen LogP contribution in [0.3, 0.4) is 0 Å². The van der Waals surface area contributed by atoms with E-state index in [1.807, 2.05) is 6.92 Å². The van der Waals surface area contributed by atoms with E-state index in [1.165, 1.54) is 12.1 Å². The number of nitrogens with one attached hydrogen (secondary N) is 1. The molecule has 0 saturated heterocycles. The molecule has 1 unspecified atom stereocenters. The van der Waals surface area contributed by atoms with Gasteiger partial charge in [-0.1, -0.05) is 25.4 Å². The maximum absolute atomic E-state index is 12.4. The lowest BCUT2D eigenvalue weighted by Gasteiger charge is -2.23. The summed E-state index contributed by atoms with van der Waals surface area (Å²) >= 11 is 5.92. The van der Waals surface area contributed by atoms with Crippen molar-refractivity contribution in [3.05, 3.63) is 28.8 Å². The van der Waals surface area contributed by atoms with Gasteiger partial charge in [-0.3, -0.25) is 0 Å². The first kappa shape index (κ1) is 18.1. The third-order valence-electron chi connectivity index (χ3n) is 3.10. The highest BCUT2D eigenvalue weighted by Crippen LogP contribution is 2.24. The lowest BCUT2D eigenvalue weighted by atomic mass is 10.0. The molecule has 1 rings (SSSR count). The van der Waals surface area contributed by atoms with Gasteiger partial charge in [0.2, 0.25) is 0 Å². The Kier molecular flexibility index (Phi) is 7.93. The zero-order valence-electron chi connectivity index (χ0n) is 12.5. The van der Waals surface area contributed by atoms with E-state index in [0.717, 1.165) is 0 Å². The van der Waals surface area contributed by atoms with Crippen LogP contribution in [0.4, 0.5) is 8.78 Å². The van der Waals surface area contributed by atoms with E-state index >= 15 is 0 Å². The molecule has 1 N–H and O–H groups in total. The molecule has 0 heterocycles. The molecule has 0 spiro atoms. The Bertz CT molecular complexity index is 430. The molecule has 120 valence electrons. The van der Waals surface area contributed by atoms with E-state index in [4.69, 9.17) is 16.3 Å². The Balaban J connectivity index is 2.73. The predicted octanol–water partition coefficient (Wildman–Crippen LogP) is 4.09. The number of alkyl halides is 2. The lowest BCUT2D eigenvalue weighted by molar-refractivity contribution is -0.0505. The fourth-order valence-electron chi connectivity index (χ4n) is 1.87. The van der Waals surface area contributed by atoms with Crippen molar-refractivity contribution in [1.29, 1.82) is 0 Å². The van der Waals surface area contributed by atoms with Crippen molar-refractivity contribution in [2.45, 2.75) is 40.0 Å². The molecule has 1 aromatic carbocycles. The van der Waals surface area contributed by atoms with Gasteiger partial charge < -0.3 is 14.8 Å². The minimum absolute atomic E-state index is 0.128. The molecule has 0 aliphatic carbocycles. The molecule has 1 aromatic rings. The van der Waals surface area contributed by atoms with Gasteiger partial charge in [-0.15, -0.1) is 0 Å². The molecule has 6 heteroatoms. The summed E-state index contributed by atoms with van der Waals surface area (Å²) in [5.41, 5.74) is 0.602. The molecule has 0 fully saturated rings. The van der Waals surface area contributed by atoms with Crippen LogP contribution < -0.4 is 10.1 Å². The summed E-state index contributed by atoms with van der Waals surface area (Å²) in [4.78, 5) is 0. The number of rotatable bonds is 9. The van der Waals surface area contributed by atoms with Crippen LogP contribution in [-0.4, -0.2) is 25.9 Å². The second-order valence-corrected chi connectivity index (χ2v) is 5.46. The molecule has 3 nitrogen and oxygen atoms in total. The maximum atomic E-state index is 12.4. The SMILES string of the molecule is CCOCC(NCc1cc(Cl)ccc1OC(F)F)C(C)C. The van der Waals surface area contributed by atoms with E-state index in [-0.39, 0.29) is 11.8 Å². The summed E-state index contributed by atoms with van der Waals surface area (Å²) in [6.07, 6.45) is 0. The largest absolute Gasteiger partial charge is 0.434 e. The van der Waals surface area contributed by atoms with Gasteiger partial charge in [0.25, 0.3) is 0 Å². The highest BCUT2D eigenvalue weighted by atomic mass is 35.5. The fourth-order valence-corrected chi connectivity index (χ4v) is 2.06. The summed E-state index contributed by atoms with van der Waals surface area (Å²) in [7, 11) is 0. The highest BCUT2D eigenvalue weighted by Gasteiger charge is 2.15. The molecule has 0 saturated carbocycles. The molecule has 1 atom stereocenters.